The van der Waals surface area contributed by atoms with Crippen molar-refractivity contribution in [2.75, 3.05) is 20.1 Å². The maximum absolute atomic E-state index is 4.94. The van der Waals surface area contributed by atoms with Crippen LogP contribution >= 0.6 is 0 Å². The van der Waals surface area contributed by atoms with Crippen LogP contribution in [0.3, 0.4) is 0 Å². The molecule has 5 rings (SSSR count). The number of likely N-dealkylation sites (tertiary alicyclic amines) is 1. The van der Waals surface area contributed by atoms with Crippen LogP contribution in [0, 0.1) is 0 Å². The Hall–Kier alpha value is -2.95. The smallest absolute Gasteiger partial charge is 0.139 e. The van der Waals surface area contributed by atoms with Crippen LogP contribution in [-0.2, 0) is 6.54 Å². The summed E-state index contributed by atoms with van der Waals surface area (Å²) in [7, 11) is 2.21. The summed E-state index contributed by atoms with van der Waals surface area (Å²) >= 11 is 0. The third-order valence-corrected chi connectivity index (χ3v) is 6.16. The minimum Gasteiger partial charge on any atom is -0.338 e. The van der Waals surface area contributed by atoms with Gasteiger partial charge >= 0.3 is 0 Å². The van der Waals surface area contributed by atoms with Gasteiger partial charge in [-0.15, -0.1) is 0 Å². The number of para-hydroxylation sites is 2. The highest BCUT2D eigenvalue weighted by atomic mass is 15.1. The number of aromatic nitrogens is 2. The van der Waals surface area contributed by atoms with Crippen LogP contribution < -0.4 is 5.32 Å². The van der Waals surface area contributed by atoms with Gasteiger partial charge in [0.1, 0.15) is 5.82 Å². The van der Waals surface area contributed by atoms with Crippen molar-refractivity contribution in [3.63, 3.8) is 0 Å². The van der Waals surface area contributed by atoms with Gasteiger partial charge in [-0.25, -0.2) is 4.98 Å². The zero-order chi connectivity index (χ0) is 20.3. The quantitative estimate of drug-likeness (QED) is 0.494. The molecule has 30 heavy (non-hydrogen) atoms. The van der Waals surface area contributed by atoms with Gasteiger partial charge in [-0.1, -0.05) is 60.7 Å². The van der Waals surface area contributed by atoms with Gasteiger partial charge in [0.15, 0.2) is 0 Å². The van der Waals surface area contributed by atoms with E-state index >= 15 is 0 Å². The molecule has 0 saturated carbocycles. The fourth-order valence-corrected chi connectivity index (χ4v) is 4.42. The van der Waals surface area contributed by atoms with Crippen molar-refractivity contribution in [3.8, 4) is 22.5 Å². The van der Waals surface area contributed by atoms with Crippen molar-refractivity contribution in [1.29, 1.82) is 0 Å². The SMILES string of the molecule is CN1CCC(NCc2cccc(-c3ccccc3)c2-c2nc3ccccc3[nH]2)CC1. The second-order valence-electron chi connectivity index (χ2n) is 8.27. The van der Waals surface area contributed by atoms with E-state index in [4.69, 9.17) is 4.98 Å². The van der Waals surface area contributed by atoms with Crippen LogP contribution in [0.4, 0.5) is 0 Å². The number of fused-ring (bicyclic) bond motifs is 1. The lowest BCUT2D eigenvalue weighted by molar-refractivity contribution is 0.234. The standard InChI is InChI=1S/C26H28N4/c1-30-16-14-21(15-17-30)27-18-20-10-7-11-22(19-8-3-2-4-9-19)25(20)26-28-23-12-5-6-13-24(23)29-26/h2-13,21,27H,14-18H2,1H3,(H,28,29). The van der Waals surface area contributed by atoms with Gasteiger partial charge in [0.2, 0.25) is 0 Å². The first-order valence-corrected chi connectivity index (χ1v) is 10.8. The van der Waals surface area contributed by atoms with Crippen molar-refractivity contribution in [2.45, 2.75) is 25.4 Å². The largest absolute Gasteiger partial charge is 0.338 e. The van der Waals surface area contributed by atoms with E-state index in [0.717, 1.165) is 36.5 Å². The number of H-pyrrole nitrogens is 1. The minimum atomic E-state index is 0.574. The highest BCUT2D eigenvalue weighted by molar-refractivity contribution is 5.87. The lowest BCUT2D eigenvalue weighted by atomic mass is 9.94. The fraction of sp³-hybridized carbons (Fsp3) is 0.269. The van der Waals surface area contributed by atoms with Gasteiger partial charge in [-0.2, -0.15) is 0 Å². The van der Waals surface area contributed by atoms with Crippen molar-refractivity contribution in [2.24, 2.45) is 0 Å². The zero-order valence-electron chi connectivity index (χ0n) is 17.4. The third-order valence-electron chi connectivity index (χ3n) is 6.16. The predicted octanol–water partition coefficient (Wildman–Crippen LogP) is 5.08. The average Bonchev–Trinajstić information content (AvgIpc) is 3.23. The molecule has 0 spiro atoms. The Morgan fingerprint density at radius 1 is 0.933 bits per heavy atom. The Bertz CT molecular complexity index is 1090. The Labute approximate surface area is 178 Å². The molecule has 2 N–H and O–H groups in total. The van der Waals surface area contributed by atoms with Crippen LogP contribution in [-0.4, -0.2) is 41.0 Å². The van der Waals surface area contributed by atoms with E-state index in [2.05, 4.69) is 89.0 Å². The first kappa shape index (κ1) is 19.0. The first-order chi connectivity index (χ1) is 14.8. The molecular formula is C26H28N4. The molecule has 0 bridgehead atoms. The number of hydrogen-bond donors (Lipinski definition) is 2. The molecule has 1 aromatic heterocycles. The maximum Gasteiger partial charge on any atom is 0.139 e. The lowest BCUT2D eigenvalue weighted by Gasteiger charge is -2.30. The van der Waals surface area contributed by atoms with E-state index in [0.29, 0.717) is 6.04 Å². The summed E-state index contributed by atoms with van der Waals surface area (Å²) in [6.45, 7) is 3.18. The summed E-state index contributed by atoms with van der Waals surface area (Å²) in [6.07, 6.45) is 2.41. The second-order valence-corrected chi connectivity index (χ2v) is 8.27. The van der Waals surface area contributed by atoms with Crippen LogP contribution in [0.1, 0.15) is 18.4 Å². The van der Waals surface area contributed by atoms with Crippen LogP contribution in [0.15, 0.2) is 72.8 Å². The number of rotatable bonds is 5. The summed E-state index contributed by atoms with van der Waals surface area (Å²) in [5.74, 6) is 0.941. The monoisotopic (exact) mass is 396 g/mol. The van der Waals surface area contributed by atoms with E-state index in [9.17, 15) is 0 Å². The molecule has 3 aromatic carbocycles. The number of piperidine rings is 1. The number of hydrogen-bond acceptors (Lipinski definition) is 3. The van der Waals surface area contributed by atoms with E-state index < -0.39 is 0 Å². The highest BCUT2D eigenvalue weighted by Crippen LogP contribution is 2.34. The van der Waals surface area contributed by atoms with E-state index in [1.165, 1.54) is 35.1 Å². The highest BCUT2D eigenvalue weighted by Gasteiger charge is 2.19. The first-order valence-electron chi connectivity index (χ1n) is 10.8. The van der Waals surface area contributed by atoms with Gasteiger partial charge in [-0.3, -0.25) is 0 Å². The van der Waals surface area contributed by atoms with E-state index in [1.54, 1.807) is 0 Å². The molecule has 0 amide bonds. The fourth-order valence-electron chi connectivity index (χ4n) is 4.42. The summed E-state index contributed by atoms with van der Waals surface area (Å²) in [4.78, 5) is 10.9. The molecular weight excluding hydrogens is 368 g/mol. The summed E-state index contributed by atoms with van der Waals surface area (Å²) in [6, 6.07) is 26.0. The Kier molecular flexibility index (Phi) is 5.35. The van der Waals surface area contributed by atoms with E-state index in [1.807, 2.05) is 6.07 Å². The van der Waals surface area contributed by atoms with E-state index in [-0.39, 0.29) is 0 Å². The van der Waals surface area contributed by atoms with Crippen LogP contribution in [0.25, 0.3) is 33.5 Å². The number of aromatic amines is 1. The number of nitrogens with zero attached hydrogens (tertiary/aromatic N) is 2. The van der Waals surface area contributed by atoms with Crippen LogP contribution in [0.2, 0.25) is 0 Å². The number of imidazole rings is 1. The molecule has 1 saturated heterocycles. The van der Waals surface area contributed by atoms with Gasteiger partial charge in [0, 0.05) is 18.2 Å². The Balaban J connectivity index is 1.54. The van der Waals surface area contributed by atoms with Crippen LogP contribution in [0.5, 0.6) is 0 Å². The second kappa shape index (κ2) is 8.42. The van der Waals surface area contributed by atoms with Gasteiger partial charge in [0.25, 0.3) is 0 Å². The molecule has 4 aromatic rings. The third kappa shape index (κ3) is 3.89. The Morgan fingerprint density at radius 3 is 2.50 bits per heavy atom. The molecule has 152 valence electrons. The van der Waals surface area contributed by atoms with Crippen molar-refractivity contribution in [1.82, 2.24) is 20.2 Å². The summed E-state index contributed by atoms with van der Waals surface area (Å²) in [5.41, 5.74) is 7.00. The number of nitrogens with one attached hydrogen (secondary N) is 2. The minimum absolute atomic E-state index is 0.574. The topological polar surface area (TPSA) is 44.0 Å². The molecule has 2 heterocycles. The van der Waals surface area contributed by atoms with Gasteiger partial charge in [-0.05, 0) is 61.8 Å². The lowest BCUT2D eigenvalue weighted by Crippen LogP contribution is -2.40. The molecule has 0 unspecified atom stereocenters. The van der Waals surface area contributed by atoms with Crippen molar-refractivity contribution >= 4 is 11.0 Å². The molecule has 1 fully saturated rings. The molecule has 0 aliphatic carbocycles. The molecule has 4 heteroatoms. The predicted molar refractivity (Wildman–Crippen MR) is 124 cm³/mol. The van der Waals surface area contributed by atoms with Crippen molar-refractivity contribution < 1.29 is 0 Å². The molecule has 1 aliphatic rings. The van der Waals surface area contributed by atoms with Gasteiger partial charge < -0.3 is 15.2 Å². The summed E-state index contributed by atoms with van der Waals surface area (Å²) < 4.78 is 0. The molecule has 0 radical (unpaired) electrons. The molecule has 4 nitrogen and oxygen atoms in total. The molecule has 1 aliphatic heterocycles. The Morgan fingerprint density at radius 2 is 1.70 bits per heavy atom. The average molecular weight is 397 g/mol. The zero-order valence-corrected chi connectivity index (χ0v) is 17.4. The normalized spacial score (nSPS) is 15.6. The van der Waals surface area contributed by atoms with Crippen molar-refractivity contribution in [3.05, 3.63) is 78.4 Å². The summed E-state index contributed by atoms with van der Waals surface area (Å²) in [5, 5.41) is 3.81. The van der Waals surface area contributed by atoms with Gasteiger partial charge in [0.05, 0.1) is 11.0 Å². The maximum atomic E-state index is 4.94. The molecule has 0 atom stereocenters. The number of benzene rings is 3.